The van der Waals surface area contributed by atoms with Gasteiger partial charge in [-0.25, -0.2) is 0 Å². The number of ether oxygens (including phenoxy) is 1. The summed E-state index contributed by atoms with van der Waals surface area (Å²) in [6, 6.07) is 11.2. The Hall–Kier alpha value is -2.87. The normalized spacial score (nSPS) is 10.6. The number of amides is 1. The van der Waals surface area contributed by atoms with E-state index in [2.05, 4.69) is 32.0 Å². The summed E-state index contributed by atoms with van der Waals surface area (Å²) in [5.74, 6) is 1.54. The van der Waals surface area contributed by atoms with Crippen molar-refractivity contribution in [1.82, 2.24) is 19.7 Å². The van der Waals surface area contributed by atoms with Crippen molar-refractivity contribution in [2.45, 2.75) is 31.5 Å². The second kappa shape index (κ2) is 9.89. The molecule has 7 nitrogen and oxygen atoms in total. The molecule has 0 aliphatic carbocycles. The number of anilines is 1. The fraction of sp³-hybridized carbons (Fsp3) is 0.300. The van der Waals surface area contributed by atoms with Crippen molar-refractivity contribution in [2.24, 2.45) is 0 Å². The maximum Gasteiger partial charge on any atom is 0.234 e. The highest BCUT2D eigenvalue weighted by Gasteiger charge is 2.16. The van der Waals surface area contributed by atoms with Crippen LogP contribution in [0.25, 0.3) is 11.4 Å². The van der Waals surface area contributed by atoms with E-state index in [9.17, 15) is 4.79 Å². The predicted molar refractivity (Wildman–Crippen MR) is 111 cm³/mol. The third kappa shape index (κ3) is 4.89. The smallest absolute Gasteiger partial charge is 0.234 e. The van der Waals surface area contributed by atoms with E-state index < -0.39 is 0 Å². The van der Waals surface area contributed by atoms with E-state index in [0.29, 0.717) is 11.4 Å². The van der Waals surface area contributed by atoms with Gasteiger partial charge in [-0.2, -0.15) is 0 Å². The molecule has 2 heterocycles. The minimum Gasteiger partial charge on any atom is -0.495 e. The van der Waals surface area contributed by atoms with Gasteiger partial charge >= 0.3 is 0 Å². The molecule has 0 radical (unpaired) electrons. The zero-order chi connectivity index (χ0) is 19.8. The number of para-hydroxylation sites is 2. The number of hydrogen-bond donors (Lipinski definition) is 1. The van der Waals surface area contributed by atoms with E-state index in [1.54, 1.807) is 19.5 Å². The lowest BCUT2D eigenvalue weighted by atomic mass is 10.2. The van der Waals surface area contributed by atoms with Crippen LogP contribution in [-0.4, -0.2) is 38.5 Å². The molecule has 0 fully saturated rings. The molecule has 0 aliphatic rings. The molecule has 1 N–H and O–H groups in total. The molecule has 0 unspecified atom stereocenters. The Morgan fingerprint density at radius 3 is 2.71 bits per heavy atom. The number of carbonyl (C=O) groups excluding carboxylic acids is 1. The standard InChI is InChI=1S/C20H23N5O2S/c1-3-4-13-25-19(15-9-11-21-12-10-15)23-24-20(25)28-14-18(26)22-16-7-5-6-8-17(16)27-2/h5-12H,3-4,13-14H2,1-2H3,(H,22,26). The third-order valence-corrected chi connectivity index (χ3v) is 5.07. The number of benzene rings is 1. The molecular weight excluding hydrogens is 374 g/mol. The van der Waals surface area contributed by atoms with E-state index in [1.807, 2.05) is 36.4 Å². The Kier molecular flexibility index (Phi) is 7.02. The number of aromatic nitrogens is 4. The molecule has 0 spiro atoms. The van der Waals surface area contributed by atoms with Crippen LogP contribution in [0.4, 0.5) is 5.69 Å². The van der Waals surface area contributed by atoms with Gasteiger partial charge < -0.3 is 14.6 Å². The maximum atomic E-state index is 12.4. The van der Waals surface area contributed by atoms with Crippen molar-refractivity contribution in [3.8, 4) is 17.1 Å². The van der Waals surface area contributed by atoms with Gasteiger partial charge in [0.15, 0.2) is 11.0 Å². The summed E-state index contributed by atoms with van der Waals surface area (Å²) < 4.78 is 7.34. The summed E-state index contributed by atoms with van der Waals surface area (Å²) in [7, 11) is 1.58. The van der Waals surface area contributed by atoms with Gasteiger partial charge in [0.05, 0.1) is 18.6 Å². The summed E-state index contributed by atoms with van der Waals surface area (Å²) in [6.07, 6.45) is 5.55. The van der Waals surface area contributed by atoms with E-state index in [4.69, 9.17) is 4.74 Å². The number of nitrogens with one attached hydrogen (secondary N) is 1. The number of hydrogen-bond acceptors (Lipinski definition) is 6. The lowest BCUT2D eigenvalue weighted by molar-refractivity contribution is -0.113. The highest BCUT2D eigenvalue weighted by molar-refractivity contribution is 7.99. The van der Waals surface area contributed by atoms with Gasteiger partial charge in [0.2, 0.25) is 5.91 Å². The van der Waals surface area contributed by atoms with Crippen LogP contribution >= 0.6 is 11.8 Å². The lowest BCUT2D eigenvalue weighted by Gasteiger charge is -2.11. The first-order valence-electron chi connectivity index (χ1n) is 9.12. The van der Waals surface area contributed by atoms with Crippen molar-refractivity contribution in [3.05, 3.63) is 48.8 Å². The molecule has 0 saturated heterocycles. The van der Waals surface area contributed by atoms with Crippen LogP contribution in [0.3, 0.4) is 0 Å². The Balaban J connectivity index is 1.71. The average molecular weight is 398 g/mol. The molecule has 0 bridgehead atoms. The Labute approximate surface area is 168 Å². The van der Waals surface area contributed by atoms with Crippen LogP contribution in [0.5, 0.6) is 5.75 Å². The molecule has 28 heavy (non-hydrogen) atoms. The van der Waals surface area contributed by atoms with Crippen LogP contribution in [0.2, 0.25) is 0 Å². The maximum absolute atomic E-state index is 12.4. The zero-order valence-electron chi connectivity index (χ0n) is 16.0. The summed E-state index contributed by atoms with van der Waals surface area (Å²) in [5, 5.41) is 12.3. The van der Waals surface area contributed by atoms with Crippen LogP contribution in [0.1, 0.15) is 19.8 Å². The minimum absolute atomic E-state index is 0.120. The highest BCUT2D eigenvalue weighted by atomic mass is 32.2. The zero-order valence-corrected chi connectivity index (χ0v) is 16.8. The summed E-state index contributed by atoms with van der Waals surface area (Å²) >= 11 is 1.37. The van der Waals surface area contributed by atoms with Gasteiger partial charge in [0.1, 0.15) is 5.75 Å². The molecule has 3 rings (SSSR count). The SMILES string of the molecule is CCCCn1c(SCC(=O)Nc2ccccc2OC)nnc1-c1ccncc1. The molecular formula is C20H23N5O2S. The van der Waals surface area contributed by atoms with Crippen molar-refractivity contribution >= 4 is 23.4 Å². The number of rotatable bonds is 9. The van der Waals surface area contributed by atoms with Crippen LogP contribution in [-0.2, 0) is 11.3 Å². The molecule has 3 aromatic rings. The van der Waals surface area contributed by atoms with Gasteiger partial charge in [-0.1, -0.05) is 37.2 Å². The van der Waals surface area contributed by atoms with E-state index >= 15 is 0 Å². The molecule has 0 atom stereocenters. The molecule has 146 valence electrons. The number of pyridine rings is 1. The topological polar surface area (TPSA) is 81.9 Å². The quantitative estimate of drug-likeness (QED) is 0.552. The Morgan fingerprint density at radius 1 is 1.18 bits per heavy atom. The van der Waals surface area contributed by atoms with Crippen molar-refractivity contribution in [1.29, 1.82) is 0 Å². The van der Waals surface area contributed by atoms with Gasteiger partial charge in [-0.3, -0.25) is 9.78 Å². The summed E-state index contributed by atoms with van der Waals surface area (Å²) in [5.41, 5.74) is 1.62. The molecule has 8 heteroatoms. The van der Waals surface area contributed by atoms with Gasteiger partial charge in [0, 0.05) is 24.5 Å². The molecule has 0 aliphatic heterocycles. The Bertz CT molecular complexity index is 914. The first-order valence-corrected chi connectivity index (χ1v) is 10.1. The van der Waals surface area contributed by atoms with Gasteiger partial charge in [-0.05, 0) is 30.7 Å². The number of carbonyl (C=O) groups is 1. The van der Waals surface area contributed by atoms with Gasteiger partial charge in [0.25, 0.3) is 0 Å². The number of nitrogens with zero attached hydrogens (tertiary/aromatic N) is 4. The largest absolute Gasteiger partial charge is 0.495 e. The minimum atomic E-state index is -0.120. The predicted octanol–water partition coefficient (Wildman–Crippen LogP) is 3.88. The third-order valence-electron chi connectivity index (χ3n) is 4.10. The second-order valence-corrected chi connectivity index (χ2v) is 7.03. The number of unbranched alkanes of at least 4 members (excludes halogenated alkanes) is 1. The average Bonchev–Trinajstić information content (AvgIpc) is 3.14. The van der Waals surface area contributed by atoms with E-state index in [1.165, 1.54) is 11.8 Å². The summed E-state index contributed by atoms with van der Waals surface area (Å²) in [4.78, 5) is 16.5. The molecule has 0 saturated carbocycles. The number of thioether (sulfide) groups is 1. The van der Waals surface area contributed by atoms with Crippen LogP contribution < -0.4 is 10.1 Å². The first kappa shape index (κ1) is 19.9. The molecule has 1 amide bonds. The lowest BCUT2D eigenvalue weighted by Crippen LogP contribution is -2.15. The fourth-order valence-electron chi connectivity index (χ4n) is 2.69. The first-order chi connectivity index (χ1) is 13.7. The second-order valence-electron chi connectivity index (χ2n) is 6.08. The van der Waals surface area contributed by atoms with E-state index in [-0.39, 0.29) is 11.7 Å². The van der Waals surface area contributed by atoms with Crippen LogP contribution in [0.15, 0.2) is 53.9 Å². The summed E-state index contributed by atoms with van der Waals surface area (Å²) in [6.45, 7) is 2.95. The highest BCUT2D eigenvalue weighted by Crippen LogP contribution is 2.26. The van der Waals surface area contributed by atoms with Crippen LogP contribution in [0, 0.1) is 0 Å². The molecule has 2 aromatic heterocycles. The van der Waals surface area contributed by atoms with Crippen molar-refractivity contribution in [2.75, 3.05) is 18.2 Å². The van der Waals surface area contributed by atoms with Gasteiger partial charge in [-0.15, -0.1) is 10.2 Å². The van der Waals surface area contributed by atoms with Crippen molar-refractivity contribution in [3.63, 3.8) is 0 Å². The Morgan fingerprint density at radius 2 is 1.96 bits per heavy atom. The van der Waals surface area contributed by atoms with E-state index in [0.717, 1.165) is 35.9 Å². The molecule has 1 aromatic carbocycles. The van der Waals surface area contributed by atoms with Crippen molar-refractivity contribution < 1.29 is 9.53 Å². The number of methoxy groups -OCH3 is 1. The fourth-order valence-corrected chi connectivity index (χ4v) is 3.46. The monoisotopic (exact) mass is 397 g/mol.